The molecule has 0 unspecified atom stereocenters. The van der Waals surface area contributed by atoms with Gasteiger partial charge in [-0.05, 0) is 0 Å². The van der Waals surface area contributed by atoms with Gasteiger partial charge in [-0.15, -0.1) is 0 Å². The summed E-state index contributed by atoms with van der Waals surface area (Å²) in [6, 6.07) is 0. The maximum atomic E-state index is 11.0. The molecule has 0 aliphatic heterocycles. The Labute approximate surface area is 92.2 Å². The molecular weight excluding hydrogens is 296 g/mol. The summed E-state index contributed by atoms with van der Waals surface area (Å²) in [4.78, 5) is 14.0. The molecule has 0 aliphatic rings. The number of sulfonamides is 1. The number of thiazole rings is 1. The first kappa shape index (κ1) is 11.4. The number of carboxylic acid groups (broad SMARTS) is 1. The predicted molar refractivity (Wildman–Crippen MR) is 55.4 cm³/mol. The molecular formula is C5H5BrN2O4S2. The van der Waals surface area contributed by atoms with E-state index in [2.05, 4.69) is 25.6 Å². The van der Waals surface area contributed by atoms with Gasteiger partial charge in [0.25, 0.3) is 0 Å². The summed E-state index contributed by atoms with van der Waals surface area (Å²) in [6.07, 6.45) is 1.10. The van der Waals surface area contributed by atoms with Crippen LogP contribution in [0, 0.1) is 0 Å². The van der Waals surface area contributed by atoms with Gasteiger partial charge in [-0.25, -0.2) is 18.2 Å². The summed E-state index contributed by atoms with van der Waals surface area (Å²) in [6.45, 7) is 0. The van der Waals surface area contributed by atoms with E-state index >= 15 is 0 Å². The maximum absolute atomic E-state index is 11.0. The molecule has 1 rings (SSSR count). The lowest BCUT2D eigenvalue weighted by molar-refractivity contribution is 0.0702. The predicted octanol–water partition coefficient (Wildman–Crippen LogP) is 0.935. The van der Waals surface area contributed by atoms with Gasteiger partial charge < -0.3 is 5.11 Å². The summed E-state index contributed by atoms with van der Waals surface area (Å²) in [5.41, 5.74) is 0. The third-order valence-corrected chi connectivity index (χ3v) is 4.73. The molecule has 78 valence electrons. The highest BCUT2D eigenvalue weighted by atomic mass is 79.9. The molecule has 0 fully saturated rings. The molecule has 0 bridgehead atoms. The highest BCUT2D eigenvalue weighted by Crippen LogP contribution is 2.19. The molecule has 0 amide bonds. The van der Waals surface area contributed by atoms with E-state index in [-0.39, 0.29) is 14.7 Å². The van der Waals surface area contributed by atoms with Crippen LogP contribution in [0.3, 0.4) is 0 Å². The summed E-state index contributed by atoms with van der Waals surface area (Å²) >= 11 is 3.54. The molecule has 2 N–H and O–H groups in total. The summed E-state index contributed by atoms with van der Waals surface area (Å²) in [5.74, 6) is -1.13. The van der Waals surface area contributed by atoms with Crippen molar-refractivity contribution in [1.29, 1.82) is 0 Å². The molecule has 1 aromatic rings. The third-order valence-electron chi connectivity index (χ3n) is 1.10. The number of carboxylic acids is 1. The van der Waals surface area contributed by atoms with E-state index in [0.717, 1.165) is 17.5 Å². The summed E-state index contributed by atoms with van der Waals surface area (Å²) in [7, 11) is -3.46. The molecule has 6 nitrogen and oxygen atoms in total. The van der Waals surface area contributed by atoms with Crippen molar-refractivity contribution in [2.75, 3.05) is 9.38 Å². The fraction of sp³-hybridized carbons (Fsp3) is 0.200. The van der Waals surface area contributed by atoms with E-state index in [9.17, 15) is 13.2 Å². The molecule has 0 saturated heterocycles. The Morgan fingerprint density at radius 1 is 1.71 bits per heavy atom. The SMILES string of the molecule is O=C(O)c1cnc(NS(=O)(=O)CBr)s1. The van der Waals surface area contributed by atoms with E-state index in [4.69, 9.17) is 5.11 Å². The molecule has 9 heteroatoms. The highest BCUT2D eigenvalue weighted by Gasteiger charge is 2.13. The number of carbonyl (C=O) groups is 1. The largest absolute Gasteiger partial charge is 0.477 e. The second-order valence-electron chi connectivity index (χ2n) is 2.16. The van der Waals surface area contributed by atoms with E-state index in [1.807, 2.05) is 0 Å². The van der Waals surface area contributed by atoms with Gasteiger partial charge >= 0.3 is 5.97 Å². The standard InChI is InChI=1S/C5H5BrN2O4S2/c6-2-14(11,12)8-5-7-1-3(13-5)4(9)10/h1H,2H2,(H,7,8)(H,9,10). The van der Waals surface area contributed by atoms with Gasteiger partial charge in [-0.2, -0.15) is 0 Å². The number of nitrogens with zero attached hydrogens (tertiary/aromatic N) is 1. The monoisotopic (exact) mass is 300 g/mol. The van der Waals surface area contributed by atoms with Gasteiger partial charge in [-0.3, -0.25) is 4.72 Å². The number of rotatable bonds is 4. The zero-order valence-electron chi connectivity index (χ0n) is 6.60. The Hall–Kier alpha value is -0.670. The minimum Gasteiger partial charge on any atom is -0.477 e. The quantitative estimate of drug-likeness (QED) is 0.807. The Balaban J connectivity index is 2.84. The van der Waals surface area contributed by atoms with Crippen molar-refractivity contribution in [1.82, 2.24) is 4.98 Å². The Morgan fingerprint density at radius 2 is 2.36 bits per heavy atom. The van der Waals surface area contributed by atoms with Crippen LogP contribution in [0.25, 0.3) is 0 Å². The highest BCUT2D eigenvalue weighted by molar-refractivity contribution is 9.10. The van der Waals surface area contributed by atoms with Crippen molar-refractivity contribution in [3.8, 4) is 0 Å². The number of aromatic nitrogens is 1. The van der Waals surface area contributed by atoms with Crippen LogP contribution in [0.1, 0.15) is 9.67 Å². The van der Waals surface area contributed by atoms with Gasteiger partial charge in [0, 0.05) is 0 Å². The van der Waals surface area contributed by atoms with Crippen LogP contribution < -0.4 is 4.72 Å². The van der Waals surface area contributed by atoms with Gasteiger partial charge in [0.15, 0.2) is 5.13 Å². The minimum absolute atomic E-state index is 0.0164. The number of hydrogen-bond acceptors (Lipinski definition) is 5. The maximum Gasteiger partial charge on any atom is 0.347 e. The molecule has 0 radical (unpaired) electrons. The second kappa shape index (κ2) is 4.24. The first-order valence-corrected chi connectivity index (χ1v) is 6.79. The van der Waals surface area contributed by atoms with E-state index in [0.29, 0.717) is 0 Å². The van der Waals surface area contributed by atoms with Crippen LogP contribution in [-0.4, -0.2) is 29.1 Å². The van der Waals surface area contributed by atoms with Gasteiger partial charge in [0.05, 0.1) is 6.20 Å². The van der Waals surface area contributed by atoms with Crippen LogP contribution in [0.15, 0.2) is 6.20 Å². The third kappa shape index (κ3) is 2.93. The zero-order valence-corrected chi connectivity index (χ0v) is 9.82. The summed E-state index contributed by atoms with van der Waals surface area (Å²) in [5, 5.41) is 8.58. The first-order chi connectivity index (χ1) is 6.44. The first-order valence-electron chi connectivity index (χ1n) is 3.20. The van der Waals surface area contributed by atoms with Crippen LogP contribution in [0.5, 0.6) is 0 Å². The second-order valence-corrected chi connectivity index (χ2v) is 6.22. The van der Waals surface area contributed by atoms with Crippen molar-refractivity contribution in [3.63, 3.8) is 0 Å². The van der Waals surface area contributed by atoms with Crippen molar-refractivity contribution >= 4 is 48.4 Å². The number of nitrogens with one attached hydrogen (secondary N) is 1. The molecule has 1 heterocycles. The fourth-order valence-corrected chi connectivity index (χ4v) is 2.35. The molecule has 1 aromatic heterocycles. The lowest BCUT2D eigenvalue weighted by atomic mass is 10.6. The minimum atomic E-state index is -3.46. The number of alkyl halides is 1. The Morgan fingerprint density at radius 3 is 2.79 bits per heavy atom. The fourth-order valence-electron chi connectivity index (χ4n) is 0.580. The lowest BCUT2D eigenvalue weighted by Crippen LogP contribution is -2.12. The van der Waals surface area contributed by atoms with Crippen LogP contribution >= 0.6 is 27.3 Å². The molecule has 0 aliphatic carbocycles. The average molecular weight is 301 g/mol. The lowest BCUT2D eigenvalue weighted by Gasteiger charge is -1.98. The summed E-state index contributed by atoms with van der Waals surface area (Å²) < 4.78 is 23.9. The van der Waals surface area contributed by atoms with Gasteiger partial charge in [-0.1, -0.05) is 27.3 Å². The Bertz CT molecular complexity index is 440. The van der Waals surface area contributed by atoms with E-state index in [1.54, 1.807) is 0 Å². The number of anilines is 1. The molecule has 0 atom stereocenters. The van der Waals surface area contributed by atoms with E-state index < -0.39 is 16.0 Å². The normalized spacial score (nSPS) is 11.2. The number of aromatic carboxylic acids is 1. The topological polar surface area (TPSA) is 96.4 Å². The van der Waals surface area contributed by atoms with Crippen molar-refractivity contribution < 1.29 is 18.3 Å². The van der Waals surface area contributed by atoms with Gasteiger partial charge in [0.2, 0.25) is 10.0 Å². The number of hydrogen-bond donors (Lipinski definition) is 2. The Kier molecular flexibility index (Phi) is 3.45. The van der Waals surface area contributed by atoms with Crippen LogP contribution in [0.4, 0.5) is 5.13 Å². The van der Waals surface area contributed by atoms with E-state index in [1.165, 1.54) is 0 Å². The molecule has 0 saturated carbocycles. The smallest absolute Gasteiger partial charge is 0.347 e. The van der Waals surface area contributed by atoms with Crippen molar-refractivity contribution in [2.45, 2.75) is 0 Å². The zero-order chi connectivity index (χ0) is 10.8. The molecule has 0 aromatic carbocycles. The van der Waals surface area contributed by atoms with Crippen molar-refractivity contribution in [2.24, 2.45) is 0 Å². The number of halogens is 1. The average Bonchev–Trinajstić information content (AvgIpc) is 2.52. The molecule has 14 heavy (non-hydrogen) atoms. The molecule has 0 spiro atoms. The van der Waals surface area contributed by atoms with Crippen LogP contribution in [-0.2, 0) is 10.0 Å². The van der Waals surface area contributed by atoms with Gasteiger partial charge in [0.1, 0.15) is 9.54 Å². The van der Waals surface area contributed by atoms with Crippen LogP contribution in [0.2, 0.25) is 0 Å². The van der Waals surface area contributed by atoms with Crippen molar-refractivity contribution in [3.05, 3.63) is 11.1 Å².